The quantitative estimate of drug-likeness (QED) is 0.318. The van der Waals surface area contributed by atoms with Crippen molar-refractivity contribution in [2.75, 3.05) is 0 Å². The maximum atomic E-state index is 12.9. The molecule has 190 valence electrons. The summed E-state index contributed by atoms with van der Waals surface area (Å²) >= 11 is 12.6. The number of pyridine rings is 1. The molecule has 0 fully saturated rings. The summed E-state index contributed by atoms with van der Waals surface area (Å²) in [5.41, 5.74) is 3.41. The van der Waals surface area contributed by atoms with Crippen molar-refractivity contribution in [1.82, 2.24) is 39.2 Å². The minimum Gasteiger partial charge on any atom is -0.486 e. The molecular formula is C23H20Cl2N8O3S. The van der Waals surface area contributed by atoms with Crippen LogP contribution in [0.1, 0.15) is 30.0 Å². The van der Waals surface area contributed by atoms with E-state index in [1.54, 1.807) is 13.2 Å². The van der Waals surface area contributed by atoms with Gasteiger partial charge in [0.15, 0.2) is 10.9 Å². The first-order valence-electron chi connectivity index (χ1n) is 11.2. The molecule has 1 aromatic carbocycles. The van der Waals surface area contributed by atoms with Crippen molar-refractivity contribution in [1.29, 1.82) is 0 Å². The predicted octanol–water partition coefficient (Wildman–Crippen LogP) is 4.23. The zero-order chi connectivity index (χ0) is 25.9. The smallest absolute Gasteiger partial charge is 0.263 e. The zero-order valence-corrected chi connectivity index (χ0v) is 21.9. The highest BCUT2D eigenvalue weighted by Crippen LogP contribution is 2.35. The number of benzene rings is 1. The van der Waals surface area contributed by atoms with Crippen molar-refractivity contribution >= 4 is 44.1 Å². The first-order valence-corrected chi connectivity index (χ1v) is 13.4. The standard InChI is InChI=1S/C23H20Cl2N8O3S/c1-12(21-15(24)8-26-9-16(21)25)36-13-3-4-17-14(7-13)22(30-29-17)23-27-18-10-33(11-19(18)28-23)37(34,35)20-5-6-32(2)31-20/h3-9,12H,10-11H2,1-2H3,(H,27,28)(H,29,30). The molecule has 5 heterocycles. The number of hydrogen-bond acceptors (Lipinski definition) is 7. The van der Waals surface area contributed by atoms with Crippen molar-refractivity contribution in [2.24, 2.45) is 7.05 Å². The van der Waals surface area contributed by atoms with Crippen molar-refractivity contribution in [3.63, 3.8) is 0 Å². The van der Waals surface area contributed by atoms with Crippen LogP contribution in [0.2, 0.25) is 10.0 Å². The number of aromatic amines is 2. The monoisotopic (exact) mass is 558 g/mol. The van der Waals surface area contributed by atoms with Gasteiger partial charge in [0.1, 0.15) is 17.5 Å². The maximum absolute atomic E-state index is 12.9. The Kier molecular flexibility index (Phi) is 5.71. The van der Waals surface area contributed by atoms with Crippen LogP contribution < -0.4 is 4.74 Å². The molecule has 6 rings (SSSR count). The molecule has 0 radical (unpaired) electrons. The molecule has 1 atom stereocenters. The number of sulfonamides is 1. The molecule has 0 saturated carbocycles. The molecule has 1 aliphatic rings. The molecule has 0 amide bonds. The Morgan fingerprint density at radius 2 is 1.92 bits per heavy atom. The van der Waals surface area contributed by atoms with Crippen LogP contribution in [0.25, 0.3) is 22.4 Å². The van der Waals surface area contributed by atoms with Crippen LogP contribution in [0.4, 0.5) is 0 Å². The Morgan fingerprint density at radius 3 is 2.62 bits per heavy atom. The largest absolute Gasteiger partial charge is 0.486 e. The third-order valence-corrected chi connectivity index (χ3v) is 8.47. The summed E-state index contributed by atoms with van der Waals surface area (Å²) < 4.78 is 34.8. The average molecular weight is 559 g/mol. The third-order valence-electron chi connectivity index (χ3n) is 6.19. The van der Waals surface area contributed by atoms with Gasteiger partial charge in [-0.2, -0.15) is 14.5 Å². The summed E-state index contributed by atoms with van der Waals surface area (Å²) in [5, 5.41) is 13.1. The first kappa shape index (κ1) is 23.9. The minimum atomic E-state index is -3.72. The number of aryl methyl sites for hydroxylation is 1. The lowest BCUT2D eigenvalue weighted by atomic mass is 10.1. The fourth-order valence-corrected chi connectivity index (χ4v) is 6.36. The molecule has 4 aromatic heterocycles. The van der Waals surface area contributed by atoms with Crippen LogP contribution in [-0.2, 0) is 30.2 Å². The van der Waals surface area contributed by atoms with Crippen LogP contribution in [0.15, 0.2) is 47.9 Å². The van der Waals surface area contributed by atoms with E-state index in [9.17, 15) is 8.42 Å². The lowest BCUT2D eigenvalue weighted by Gasteiger charge is -2.17. The Labute approximate surface area is 221 Å². The van der Waals surface area contributed by atoms with E-state index in [0.29, 0.717) is 44.3 Å². The fraction of sp³-hybridized carbons (Fsp3) is 0.217. The number of fused-ring (bicyclic) bond motifs is 2. The van der Waals surface area contributed by atoms with Gasteiger partial charge in [-0.3, -0.25) is 14.8 Å². The zero-order valence-electron chi connectivity index (χ0n) is 19.6. The van der Waals surface area contributed by atoms with Crippen LogP contribution in [0.3, 0.4) is 0 Å². The van der Waals surface area contributed by atoms with Gasteiger partial charge in [0.2, 0.25) is 0 Å². The summed E-state index contributed by atoms with van der Waals surface area (Å²) in [6, 6.07) is 7.03. The Bertz CT molecular complexity index is 1720. The normalized spacial score (nSPS) is 14.8. The van der Waals surface area contributed by atoms with E-state index in [4.69, 9.17) is 27.9 Å². The Balaban J connectivity index is 1.26. The number of halogens is 2. The number of rotatable bonds is 6. The molecular weight excluding hydrogens is 539 g/mol. The van der Waals surface area contributed by atoms with Crippen LogP contribution in [-0.4, -0.2) is 47.7 Å². The second kappa shape index (κ2) is 8.84. The molecule has 0 bridgehead atoms. The molecule has 2 N–H and O–H groups in total. The lowest BCUT2D eigenvalue weighted by molar-refractivity contribution is 0.227. The SMILES string of the molecule is CC(Oc1ccc2[nH]nc(-c3nc4c([nH]3)CN(S(=O)(=O)c3ccn(C)n3)C4)c2c1)c1c(Cl)cncc1Cl. The fourth-order valence-electron chi connectivity index (χ4n) is 4.37. The second-order valence-electron chi connectivity index (χ2n) is 8.67. The molecule has 0 saturated heterocycles. The number of imidazole rings is 1. The molecule has 0 spiro atoms. The molecule has 5 aromatic rings. The molecule has 11 nitrogen and oxygen atoms in total. The lowest BCUT2D eigenvalue weighted by Crippen LogP contribution is -2.26. The highest BCUT2D eigenvalue weighted by Gasteiger charge is 2.35. The Hall–Kier alpha value is -3.45. The van der Waals surface area contributed by atoms with Gasteiger partial charge in [-0.25, -0.2) is 13.4 Å². The average Bonchev–Trinajstić information content (AvgIpc) is 3.61. The third kappa shape index (κ3) is 4.15. The van der Waals surface area contributed by atoms with Gasteiger partial charge >= 0.3 is 0 Å². The van der Waals surface area contributed by atoms with E-state index in [-0.39, 0.29) is 18.1 Å². The van der Waals surface area contributed by atoms with Gasteiger partial charge < -0.3 is 9.72 Å². The molecule has 0 aliphatic carbocycles. The van der Waals surface area contributed by atoms with Gasteiger partial charge in [-0.1, -0.05) is 23.2 Å². The highest BCUT2D eigenvalue weighted by atomic mass is 35.5. The number of nitrogens with one attached hydrogen (secondary N) is 2. The van der Waals surface area contributed by atoms with Crippen molar-refractivity contribution in [3.05, 3.63) is 69.9 Å². The van der Waals surface area contributed by atoms with Crippen LogP contribution in [0.5, 0.6) is 5.75 Å². The van der Waals surface area contributed by atoms with Gasteiger partial charge in [0.05, 0.1) is 40.0 Å². The summed E-state index contributed by atoms with van der Waals surface area (Å²) in [6.45, 7) is 2.17. The summed E-state index contributed by atoms with van der Waals surface area (Å²) in [4.78, 5) is 11.9. The Morgan fingerprint density at radius 1 is 1.14 bits per heavy atom. The van der Waals surface area contributed by atoms with Crippen molar-refractivity contribution in [3.8, 4) is 17.3 Å². The van der Waals surface area contributed by atoms with Crippen LogP contribution in [0, 0.1) is 0 Å². The second-order valence-corrected chi connectivity index (χ2v) is 11.4. The van der Waals surface area contributed by atoms with E-state index in [2.05, 4.69) is 30.2 Å². The van der Waals surface area contributed by atoms with E-state index >= 15 is 0 Å². The van der Waals surface area contributed by atoms with Gasteiger partial charge in [0.25, 0.3) is 10.0 Å². The van der Waals surface area contributed by atoms with E-state index in [0.717, 1.165) is 10.9 Å². The molecule has 1 unspecified atom stereocenters. The van der Waals surface area contributed by atoms with Crippen LogP contribution >= 0.6 is 23.2 Å². The number of ether oxygens (including phenoxy) is 1. The maximum Gasteiger partial charge on any atom is 0.263 e. The summed E-state index contributed by atoms with van der Waals surface area (Å²) in [5.74, 6) is 1.13. The summed E-state index contributed by atoms with van der Waals surface area (Å²) in [7, 11) is -2.05. The topological polar surface area (TPSA) is 135 Å². The van der Waals surface area contributed by atoms with Crippen molar-refractivity contribution < 1.29 is 13.2 Å². The summed E-state index contributed by atoms with van der Waals surface area (Å²) in [6.07, 6.45) is 4.23. The van der Waals surface area contributed by atoms with E-state index < -0.39 is 16.1 Å². The van der Waals surface area contributed by atoms with E-state index in [1.807, 2.05) is 25.1 Å². The number of H-pyrrole nitrogens is 2. The molecule has 37 heavy (non-hydrogen) atoms. The van der Waals surface area contributed by atoms with Gasteiger partial charge in [-0.15, -0.1) is 0 Å². The van der Waals surface area contributed by atoms with Crippen molar-refractivity contribution in [2.45, 2.75) is 31.1 Å². The van der Waals surface area contributed by atoms with Gasteiger partial charge in [-0.05, 0) is 31.2 Å². The number of hydrogen-bond donors (Lipinski definition) is 2. The molecule has 14 heteroatoms. The first-order chi connectivity index (χ1) is 17.7. The molecule has 1 aliphatic heterocycles. The number of aromatic nitrogens is 7. The minimum absolute atomic E-state index is 0.00905. The van der Waals surface area contributed by atoms with E-state index in [1.165, 1.54) is 27.4 Å². The number of nitrogens with zero attached hydrogens (tertiary/aromatic N) is 6. The van der Waals surface area contributed by atoms with Gasteiger partial charge in [0, 0.05) is 36.6 Å². The highest BCUT2D eigenvalue weighted by molar-refractivity contribution is 7.89. The predicted molar refractivity (Wildman–Crippen MR) is 137 cm³/mol.